The molecule has 0 spiro atoms. The van der Waals surface area contributed by atoms with Crippen LogP contribution in [0.4, 0.5) is 0 Å². The average molecular weight is 164 g/mol. The summed E-state index contributed by atoms with van der Waals surface area (Å²) in [7, 11) is -1.51. The Labute approximate surface area is 70.8 Å². The standard InChI is InChI=1S/C7H9BN2O2/c1-2-10-6(5-9)3-4-7(10)8(11)12/h3-4,11-12H,2H2,1H3. The van der Waals surface area contributed by atoms with Crippen molar-refractivity contribution in [2.45, 2.75) is 13.5 Å². The highest BCUT2D eigenvalue weighted by Gasteiger charge is 2.17. The van der Waals surface area contributed by atoms with Gasteiger partial charge in [0, 0.05) is 12.1 Å². The predicted octanol–water partition coefficient (Wildman–Crippen LogP) is -0.941. The Hall–Kier alpha value is -1.25. The molecule has 0 amide bonds. The topological polar surface area (TPSA) is 69.2 Å². The molecule has 1 rings (SSSR count). The summed E-state index contributed by atoms with van der Waals surface area (Å²) >= 11 is 0. The predicted molar refractivity (Wildman–Crippen MR) is 44.6 cm³/mol. The second kappa shape index (κ2) is 3.43. The third-order valence-electron chi connectivity index (χ3n) is 1.71. The molecule has 1 aromatic heterocycles. The van der Waals surface area contributed by atoms with E-state index < -0.39 is 7.12 Å². The van der Waals surface area contributed by atoms with E-state index in [1.54, 1.807) is 10.6 Å². The summed E-state index contributed by atoms with van der Waals surface area (Å²) in [6, 6.07) is 5.06. The van der Waals surface area contributed by atoms with Crippen molar-refractivity contribution in [2.75, 3.05) is 0 Å². The van der Waals surface area contributed by atoms with E-state index >= 15 is 0 Å². The van der Waals surface area contributed by atoms with Crippen molar-refractivity contribution in [3.63, 3.8) is 0 Å². The minimum absolute atomic E-state index is 0.356. The molecular weight excluding hydrogens is 155 g/mol. The molecule has 12 heavy (non-hydrogen) atoms. The van der Waals surface area contributed by atoms with Gasteiger partial charge in [-0.25, -0.2) is 0 Å². The molecule has 1 aromatic rings. The maximum absolute atomic E-state index is 8.87. The highest BCUT2D eigenvalue weighted by atomic mass is 16.4. The summed E-state index contributed by atoms with van der Waals surface area (Å²) in [5.41, 5.74) is 0.801. The molecule has 0 aliphatic rings. The summed E-state index contributed by atoms with van der Waals surface area (Å²) < 4.78 is 1.56. The third-order valence-corrected chi connectivity index (χ3v) is 1.71. The fraction of sp³-hybridized carbons (Fsp3) is 0.286. The van der Waals surface area contributed by atoms with Crippen LogP contribution in [0.5, 0.6) is 0 Å². The van der Waals surface area contributed by atoms with E-state index in [1.807, 2.05) is 13.0 Å². The molecule has 0 saturated carbocycles. The average Bonchev–Trinajstić information content (AvgIpc) is 2.46. The molecular formula is C7H9BN2O2. The van der Waals surface area contributed by atoms with Gasteiger partial charge in [0.2, 0.25) is 0 Å². The van der Waals surface area contributed by atoms with E-state index in [-0.39, 0.29) is 0 Å². The molecule has 2 N–H and O–H groups in total. The molecule has 0 fully saturated rings. The molecule has 0 atom stereocenters. The summed E-state index contributed by atoms with van der Waals surface area (Å²) in [6.45, 7) is 2.40. The van der Waals surface area contributed by atoms with E-state index in [0.29, 0.717) is 17.8 Å². The van der Waals surface area contributed by atoms with E-state index in [2.05, 4.69) is 0 Å². The van der Waals surface area contributed by atoms with Crippen LogP contribution in [-0.2, 0) is 6.54 Å². The molecule has 0 aromatic carbocycles. The van der Waals surface area contributed by atoms with Crippen LogP contribution in [-0.4, -0.2) is 21.7 Å². The minimum Gasteiger partial charge on any atom is -0.422 e. The van der Waals surface area contributed by atoms with Gasteiger partial charge in [-0.15, -0.1) is 0 Å². The van der Waals surface area contributed by atoms with Crippen molar-refractivity contribution in [1.29, 1.82) is 5.26 Å². The van der Waals surface area contributed by atoms with Crippen molar-refractivity contribution in [3.8, 4) is 6.07 Å². The summed E-state index contributed by atoms with van der Waals surface area (Å²) in [6.07, 6.45) is 0. The molecule has 0 aliphatic carbocycles. The highest BCUT2D eigenvalue weighted by molar-refractivity contribution is 6.57. The van der Waals surface area contributed by atoms with Gasteiger partial charge >= 0.3 is 7.12 Å². The van der Waals surface area contributed by atoms with Gasteiger partial charge in [0.05, 0.1) is 0 Å². The Balaban J connectivity index is 3.16. The number of nitriles is 1. The van der Waals surface area contributed by atoms with Crippen LogP contribution in [0.2, 0.25) is 0 Å². The quantitative estimate of drug-likeness (QED) is 0.554. The largest absolute Gasteiger partial charge is 0.505 e. The molecule has 1 heterocycles. The zero-order chi connectivity index (χ0) is 9.14. The van der Waals surface area contributed by atoms with Crippen molar-refractivity contribution in [3.05, 3.63) is 17.8 Å². The molecule has 4 nitrogen and oxygen atoms in total. The van der Waals surface area contributed by atoms with Crippen LogP contribution < -0.4 is 5.59 Å². The number of aromatic nitrogens is 1. The Kier molecular flexibility index (Phi) is 2.53. The van der Waals surface area contributed by atoms with Crippen molar-refractivity contribution >= 4 is 12.7 Å². The Morgan fingerprint density at radius 2 is 2.25 bits per heavy atom. The van der Waals surface area contributed by atoms with Crippen LogP contribution in [0.25, 0.3) is 0 Å². The van der Waals surface area contributed by atoms with E-state index in [1.165, 1.54) is 6.07 Å². The zero-order valence-corrected chi connectivity index (χ0v) is 6.73. The summed E-state index contributed by atoms with van der Waals surface area (Å²) in [5.74, 6) is 0. The van der Waals surface area contributed by atoms with Gasteiger partial charge in [-0.3, -0.25) is 0 Å². The number of hydrogen-bond acceptors (Lipinski definition) is 3. The van der Waals surface area contributed by atoms with Gasteiger partial charge in [0.15, 0.2) is 0 Å². The first-order valence-electron chi connectivity index (χ1n) is 3.66. The number of rotatable bonds is 2. The van der Waals surface area contributed by atoms with Gasteiger partial charge in [0.1, 0.15) is 11.8 Å². The Bertz CT molecular complexity index is 314. The van der Waals surface area contributed by atoms with E-state index in [0.717, 1.165) is 0 Å². The number of nitrogens with zero attached hydrogens (tertiary/aromatic N) is 2. The van der Waals surface area contributed by atoms with Crippen molar-refractivity contribution in [2.24, 2.45) is 0 Å². The normalized spacial score (nSPS) is 9.50. The van der Waals surface area contributed by atoms with E-state index in [4.69, 9.17) is 15.3 Å². The molecule has 5 heteroatoms. The minimum atomic E-state index is -1.51. The van der Waals surface area contributed by atoms with Gasteiger partial charge < -0.3 is 14.6 Å². The first-order valence-corrected chi connectivity index (χ1v) is 3.66. The van der Waals surface area contributed by atoms with Crippen LogP contribution in [0.3, 0.4) is 0 Å². The van der Waals surface area contributed by atoms with Gasteiger partial charge in [0.25, 0.3) is 0 Å². The molecule has 0 radical (unpaired) electrons. The molecule has 0 saturated heterocycles. The number of hydrogen-bond donors (Lipinski definition) is 2. The maximum atomic E-state index is 8.87. The summed E-state index contributed by atoms with van der Waals surface area (Å²) in [5, 5.41) is 26.4. The lowest BCUT2D eigenvalue weighted by atomic mass is 9.86. The van der Waals surface area contributed by atoms with Crippen molar-refractivity contribution in [1.82, 2.24) is 4.57 Å². The second-order valence-corrected chi connectivity index (χ2v) is 2.37. The smallest absolute Gasteiger partial charge is 0.422 e. The van der Waals surface area contributed by atoms with Gasteiger partial charge in [-0.2, -0.15) is 5.26 Å². The lowest BCUT2D eigenvalue weighted by molar-refractivity contribution is 0.421. The third kappa shape index (κ3) is 1.35. The van der Waals surface area contributed by atoms with Crippen LogP contribution >= 0.6 is 0 Å². The highest BCUT2D eigenvalue weighted by Crippen LogP contribution is 1.98. The van der Waals surface area contributed by atoms with Gasteiger partial charge in [-0.1, -0.05) is 0 Å². The van der Waals surface area contributed by atoms with Crippen LogP contribution in [0.1, 0.15) is 12.6 Å². The first kappa shape index (κ1) is 8.85. The van der Waals surface area contributed by atoms with Crippen molar-refractivity contribution < 1.29 is 10.0 Å². The Morgan fingerprint density at radius 1 is 1.58 bits per heavy atom. The second-order valence-electron chi connectivity index (χ2n) is 2.37. The first-order chi connectivity index (χ1) is 5.70. The Morgan fingerprint density at radius 3 is 2.67 bits per heavy atom. The summed E-state index contributed by atoms with van der Waals surface area (Å²) in [4.78, 5) is 0. The van der Waals surface area contributed by atoms with Crippen LogP contribution in [0, 0.1) is 11.3 Å². The molecule has 0 aliphatic heterocycles. The molecule has 0 unspecified atom stereocenters. The molecule has 0 bridgehead atoms. The monoisotopic (exact) mass is 164 g/mol. The SMILES string of the molecule is CCn1c(C#N)ccc1B(O)O. The fourth-order valence-corrected chi connectivity index (χ4v) is 1.16. The lowest BCUT2D eigenvalue weighted by Crippen LogP contribution is -2.36. The maximum Gasteiger partial charge on any atom is 0.505 e. The van der Waals surface area contributed by atoms with Gasteiger partial charge in [-0.05, 0) is 19.1 Å². The fourth-order valence-electron chi connectivity index (χ4n) is 1.16. The van der Waals surface area contributed by atoms with Crippen LogP contribution in [0.15, 0.2) is 12.1 Å². The van der Waals surface area contributed by atoms with E-state index in [9.17, 15) is 0 Å². The molecule has 62 valence electrons. The lowest BCUT2D eigenvalue weighted by Gasteiger charge is -2.05. The zero-order valence-electron chi connectivity index (χ0n) is 6.73.